The van der Waals surface area contributed by atoms with Crippen LogP contribution in [0.25, 0.3) is 0 Å². The van der Waals surface area contributed by atoms with Crippen molar-refractivity contribution in [2.24, 2.45) is 0 Å². The van der Waals surface area contributed by atoms with Gasteiger partial charge in [0.2, 0.25) is 0 Å². The standard InChI is InChI=1S/C9H16N2/c1-10-8-6-4-3-5-7-9-11-2/h3-4,6,8-10H,5,7H2,1-2H3/p+1. The van der Waals surface area contributed by atoms with Crippen LogP contribution < -0.4 is 10.3 Å². The predicted molar refractivity (Wildman–Crippen MR) is 49.5 cm³/mol. The third kappa shape index (κ3) is 8.95. The first kappa shape index (κ1) is 9.95. The van der Waals surface area contributed by atoms with Crippen LogP contribution in [0.15, 0.2) is 24.4 Å². The Morgan fingerprint density at radius 3 is 2.73 bits per heavy atom. The Morgan fingerprint density at radius 1 is 1.27 bits per heavy atom. The molecule has 2 nitrogen and oxygen atoms in total. The lowest BCUT2D eigenvalue weighted by molar-refractivity contribution is -0.415. The second-order valence-corrected chi connectivity index (χ2v) is 2.15. The van der Waals surface area contributed by atoms with Gasteiger partial charge in [0.1, 0.15) is 13.3 Å². The molecule has 0 rings (SSSR count). The Kier molecular flexibility index (Phi) is 8.10. The number of hydrogen-bond donors (Lipinski definition) is 2. The van der Waals surface area contributed by atoms with Gasteiger partial charge in [0.15, 0.2) is 0 Å². The fourth-order valence-corrected chi connectivity index (χ4v) is 0.650. The lowest BCUT2D eigenvalue weighted by Crippen LogP contribution is -2.62. The van der Waals surface area contributed by atoms with Crippen LogP contribution in [0.4, 0.5) is 0 Å². The van der Waals surface area contributed by atoms with Gasteiger partial charge < -0.3 is 5.32 Å². The second kappa shape index (κ2) is 8.95. The molecule has 0 heterocycles. The van der Waals surface area contributed by atoms with Gasteiger partial charge in [-0.1, -0.05) is 12.2 Å². The summed E-state index contributed by atoms with van der Waals surface area (Å²) in [5.74, 6) is 0. The van der Waals surface area contributed by atoms with Gasteiger partial charge in [-0.15, -0.1) is 0 Å². The molecule has 0 aliphatic carbocycles. The summed E-state index contributed by atoms with van der Waals surface area (Å²) in [6.07, 6.45) is 12.3. The molecular formula is C9H17N2+. The first-order valence-corrected chi connectivity index (χ1v) is 3.89. The van der Waals surface area contributed by atoms with E-state index in [-0.39, 0.29) is 0 Å². The van der Waals surface area contributed by atoms with E-state index >= 15 is 0 Å². The summed E-state index contributed by atoms with van der Waals surface area (Å²) < 4.78 is 0. The van der Waals surface area contributed by atoms with Crippen molar-refractivity contribution in [3.63, 3.8) is 0 Å². The highest BCUT2D eigenvalue weighted by Gasteiger charge is 1.76. The average Bonchev–Trinajstić information content (AvgIpc) is 2.03. The van der Waals surface area contributed by atoms with Gasteiger partial charge in [0.05, 0.1) is 0 Å². The molecule has 2 heteroatoms. The predicted octanol–water partition coefficient (Wildman–Crippen LogP) is -0.163. The fraction of sp³-hybridized carbons (Fsp3) is 0.444. The van der Waals surface area contributed by atoms with Crippen molar-refractivity contribution in [1.82, 2.24) is 5.32 Å². The molecule has 0 amide bonds. The fourth-order valence-electron chi connectivity index (χ4n) is 0.650. The molecule has 0 saturated carbocycles. The summed E-state index contributed by atoms with van der Waals surface area (Å²) in [7, 11) is 3.81. The minimum absolute atomic E-state index is 1.08. The van der Waals surface area contributed by atoms with Gasteiger partial charge in [-0.25, -0.2) is 0 Å². The number of allylic oxidation sites excluding steroid dienone is 3. The van der Waals surface area contributed by atoms with Gasteiger partial charge in [-0.05, 0) is 18.7 Å². The van der Waals surface area contributed by atoms with Crippen LogP contribution >= 0.6 is 0 Å². The summed E-state index contributed by atoms with van der Waals surface area (Å²) in [5.41, 5.74) is 0. The summed E-state index contributed by atoms with van der Waals surface area (Å²) in [6, 6.07) is 0. The minimum atomic E-state index is 1.08. The summed E-state index contributed by atoms with van der Waals surface area (Å²) >= 11 is 0. The van der Waals surface area contributed by atoms with E-state index in [4.69, 9.17) is 0 Å². The molecule has 0 bridgehead atoms. The van der Waals surface area contributed by atoms with E-state index in [1.165, 1.54) is 0 Å². The Balaban J connectivity index is 3.23. The molecular weight excluding hydrogens is 136 g/mol. The SMILES string of the molecule is CNC=CC=CCCC=[NH+]C. The normalized spacial score (nSPS) is 12.2. The molecule has 2 N–H and O–H groups in total. The third-order valence-electron chi connectivity index (χ3n) is 1.19. The molecule has 0 aromatic rings. The Labute approximate surface area is 68.7 Å². The van der Waals surface area contributed by atoms with Gasteiger partial charge in [0.25, 0.3) is 0 Å². The van der Waals surface area contributed by atoms with E-state index in [0.29, 0.717) is 0 Å². The lowest BCUT2D eigenvalue weighted by atomic mass is 10.3. The molecule has 0 fully saturated rings. The van der Waals surface area contributed by atoms with Crippen LogP contribution in [0.5, 0.6) is 0 Å². The molecule has 0 aromatic heterocycles. The van der Waals surface area contributed by atoms with Gasteiger partial charge in [-0.2, -0.15) is 0 Å². The number of unbranched alkanes of at least 4 members (excludes halogenated alkanes) is 1. The smallest absolute Gasteiger partial charge is 0.138 e. The molecule has 11 heavy (non-hydrogen) atoms. The Hall–Kier alpha value is -1.05. The average molecular weight is 153 g/mol. The zero-order valence-corrected chi connectivity index (χ0v) is 7.30. The first-order chi connectivity index (χ1) is 5.41. The van der Waals surface area contributed by atoms with Crippen molar-refractivity contribution in [1.29, 1.82) is 0 Å². The highest BCUT2D eigenvalue weighted by molar-refractivity contribution is 5.49. The molecule has 0 spiro atoms. The molecule has 0 aliphatic rings. The quantitative estimate of drug-likeness (QED) is 0.320. The van der Waals surface area contributed by atoms with E-state index in [1.54, 1.807) is 0 Å². The van der Waals surface area contributed by atoms with Gasteiger partial charge >= 0.3 is 0 Å². The number of hydrogen-bond acceptors (Lipinski definition) is 1. The van der Waals surface area contributed by atoms with E-state index in [2.05, 4.69) is 16.4 Å². The zero-order valence-electron chi connectivity index (χ0n) is 7.30. The molecule has 0 aliphatic heterocycles. The first-order valence-electron chi connectivity index (χ1n) is 3.89. The van der Waals surface area contributed by atoms with Crippen LogP contribution in [0.2, 0.25) is 0 Å². The topological polar surface area (TPSA) is 26.0 Å². The lowest BCUT2D eigenvalue weighted by Gasteiger charge is -1.81. The zero-order chi connectivity index (χ0) is 8.36. The van der Waals surface area contributed by atoms with Crippen molar-refractivity contribution < 1.29 is 4.99 Å². The highest BCUT2D eigenvalue weighted by atomic mass is 14.8. The maximum absolute atomic E-state index is 2.98. The van der Waals surface area contributed by atoms with E-state index in [1.807, 2.05) is 38.7 Å². The Bertz CT molecular complexity index is 146. The number of rotatable bonds is 5. The van der Waals surface area contributed by atoms with Crippen molar-refractivity contribution in [3.05, 3.63) is 24.4 Å². The second-order valence-electron chi connectivity index (χ2n) is 2.15. The van der Waals surface area contributed by atoms with Crippen molar-refractivity contribution in [2.45, 2.75) is 12.8 Å². The van der Waals surface area contributed by atoms with Crippen LogP contribution in [0, 0.1) is 0 Å². The summed E-state index contributed by atoms with van der Waals surface area (Å²) in [5, 5.41) is 2.92. The van der Waals surface area contributed by atoms with E-state index in [0.717, 1.165) is 12.8 Å². The number of nitrogens with one attached hydrogen (secondary N) is 2. The molecule has 0 radical (unpaired) electrons. The monoisotopic (exact) mass is 153 g/mol. The molecule has 0 aromatic carbocycles. The molecule has 62 valence electrons. The van der Waals surface area contributed by atoms with E-state index in [9.17, 15) is 0 Å². The molecule has 0 saturated heterocycles. The van der Waals surface area contributed by atoms with Gasteiger partial charge in [0, 0.05) is 13.5 Å². The van der Waals surface area contributed by atoms with Gasteiger partial charge in [-0.3, -0.25) is 4.99 Å². The van der Waals surface area contributed by atoms with Crippen LogP contribution in [-0.4, -0.2) is 20.3 Å². The highest BCUT2D eigenvalue weighted by Crippen LogP contribution is 1.85. The summed E-state index contributed by atoms with van der Waals surface area (Å²) in [4.78, 5) is 2.98. The van der Waals surface area contributed by atoms with Crippen LogP contribution in [-0.2, 0) is 0 Å². The maximum atomic E-state index is 2.98. The Morgan fingerprint density at radius 2 is 2.09 bits per heavy atom. The molecule has 0 unspecified atom stereocenters. The maximum Gasteiger partial charge on any atom is 0.138 e. The van der Waals surface area contributed by atoms with Crippen LogP contribution in [0.3, 0.4) is 0 Å². The van der Waals surface area contributed by atoms with Crippen LogP contribution in [0.1, 0.15) is 12.8 Å². The summed E-state index contributed by atoms with van der Waals surface area (Å²) in [6.45, 7) is 0. The van der Waals surface area contributed by atoms with Crippen molar-refractivity contribution in [3.8, 4) is 0 Å². The van der Waals surface area contributed by atoms with E-state index < -0.39 is 0 Å². The largest absolute Gasteiger partial charge is 0.394 e. The molecule has 0 atom stereocenters. The minimum Gasteiger partial charge on any atom is -0.394 e. The third-order valence-corrected chi connectivity index (χ3v) is 1.19. The van der Waals surface area contributed by atoms with Crippen molar-refractivity contribution in [2.75, 3.05) is 14.1 Å². The van der Waals surface area contributed by atoms with Crippen molar-refractivity contribution >= 4 is 6.21 Å².